The van der Waals surface area contributed by atoms with Gasteiger partial charge in [-0.05, 0) is 31.9 Å². The van der Waals surface area contributed by atoms with Gasteiger partial charge in [0.1, 0.15) is 5.92 Å². The van der Waals surface area contributed by atoms with Crippen molar-refractivity contribution in [2.24, 2.45) is 0 Å². The minimum atomic E-state index is -0.355. The molecule has 0 radical (unpaired) electrons. The van der Waals surface area contributed by atoms with Crippen molar-refractivity contribution in [1.29, 1.82) is 0 Å². The summed E-state index contributed by atoms with van der Waals surface area (Å²) < 4.78 is 5.11. The second-order valence-electron chi connectivity index (χ2n) is 6.86. The van der Waals surface area contributed by atoms with Crippen LogP contribution in [0.4, 0.5) is 10.3 Å². The number of carbonyl (C=O) groups excluding carboxylic acids is 3. The number of rotatable bonds is 7. The summed E-state index contributed by atoms with van der Waals surface area (Å²) in [6.45, 7) is 2.11. The second-order valence-corrected chi connectivity index (χ2v) is 8.80. The molecule has 1 atom stereocenters. The Hall–Kier alpha value is -3.11. The molecule has 0 fully saturated rings. The van der Waals surface area contributed by atoms with Crippen molar-refractivity contribution >= 4 is 50.7 Å². The highest BCUT2D eigenvalue weighted by molar-refractivity contribution is 7.16. The van der Waals surface area contributed by atoms with Crippen molar-refractivity contribution in [3.05, 3.63) is 57.5 Å². The van der Waals surface area contributed by atoms with E-state index in [1.807, 2.05) is 6.07 Å². The predicted octanol–water partition coefficient (Wildman–Crippen LogP) is 3.63. The first-order valence-corrected chi connectivity index (χ1v) is 11.5. The van der Waals surface area contributed by atoms with Gasteiger partial charge in [-0.15, -0.1) is 22.7 Å². The Morgan fingerprint density at radius 2 is 1.94 bits per heavy atom. The molecule has 0 spiro atoms. The summed E-state index contributed by atoms with van der Waals surface area (Å²) in [6.07, 6.45) is 1.50. The second kappa shape index (κ2) is 9.36. The lowest BCUT2D eigenvalue weighted by atomic mass is 10.1. The van der Waals surface area contributed by atoms with Gasteiger partial charge in [0.2, 0.25) is 5.91 Å². The number of ether oxygens (including phenoxy) is 1. The molecule has 1 unspecified atom stereocenters. The predicted molar refractivity (Wildman–Crippen MR) is 119 cm³/mol. The number of benzene rings is 1. The van der Waals surface area contributed by atoms with Gasteiger partial charge in [0.05, 0.1) is 24.4 Å². The molecule has 2 N–H and O–H groups in total. The van der Waals surface area contributed by atoms with Gasteiger partial charge in [0.15, 0.2) is 10.3 Å². The zero-order valence-corrected chi connectivity index (χ0v) is 18.3. The van der Waals surface area contributed by atoms with E-state index in [9.17, 15) is 14.4 Å². The van der Waals surface area contributed by atoms with Crippen molar-refractivity contribution in [3.8, 4) is 0 Å². The van der Waals surface area contributed by atoms with E-state index in [-0.39, 0.29) is 30.1 Å². The number of nitrogens with zero attached hydrogens (tertiary/aromatic N) is 2. The Labute approximate surface area is 186 Å². The minimum absolute atomic E-state index is 0.0588. The number of amides is 2. The summed E-state index contributed by atoms with van der Waals surface area (Å²) in [5.74, 6) is -1.13. The Morgan fingerprint density at radius 3 is 2.71 bits per heavy atom. The van der Waals surface area contributed by atoms with Gasteiger partial charge in [-0.2, -0.15) is 0 Å². The maximum Gasteiger partial charge on any atom is 0.315 e. The highest BCUT2D eigenvalue weighted by Gasteiger charge is 2.33. The highest BCUT2D eigenvalue weighted by Crippen LogP contribution is 2.39. The third-order valence-electron chi connectivity index (χ3n) is 4.69. The van der Waals surface area contributed by atoms with Crippen LogP contribution in [0.1, 0.15) is 45.9 Å². The van der Waals surface area contributed by atoms with Crippen LogP contribution in [0.25, 0.3) is 0 Å². The van der Waals surface area contributed by atoms with E-state index in [2.05, 4.69) is 20.6 Å². The van der Waals surface area contributed by atoms with Gasteiger partial charge >= 0.3 is 5.97 Å². The molecule has 2 amide bonds. The number of aromatic nitrogens is 2. The molecule has 0 bridgehead atoms. The molecule has 8 nitrogen and oxygen atoms in total. The van der Waals surface area contributed by atoms with Gasteiger partial charge in [0.25, 0.3) is 5.91 Å². The van der Waals surface area contributed by atoms with Gasteiger partial charge < -0.3 is 10.1 Å². The van der Waals surface area contributed by atoms with E-state index < -0.39 is 0 Å². The van der Waals surface area contributed by atoms with Crippen LogP contribution in [0.3, 0.4) is 0 Å². The molecule has 0 aliphatic heterocycles. The summed E-state index contributed by atoms with van der Waals surface area (Å²) in [5, 5.41) is 8.15. The van der Waals surface area contributed by atoms with E-state index in [4.69, 9.17) is 4.74 Å². The van der Waals surface area contributed by atoms with Crippen LogP contribution in [0.15, 0.2) is 35.7 Å². The third kappa shape index (κ3) is 4.97. The molecule has 4 rings (SSSR count). The number of esters is 1. The number of fused-ring (bicyclic) bond motifs is 1. The van der Waals surface area contributed by atoms with Crippen molar-refractivity contribution in [2.75, 3.05) is 17.2 Å². The molecule has 1 aliphatic carbocycles. The van der Waals surface area contributed by atoms with Crippen LogP contribution in [-0.2, 0) is 27.2 Å². The lowest BCUT2D eigenvalue weighted by Crippen LogP contribution is -2.16. The summed E-state index contributed by atoms with van der Waals surface area (Å²) in [6, 6.07) is 8.85. The fourth-order valence-corrected chi connectivity index (χ4v) is 5.05. The van der Waals surface area contributed by atoms with Gasteiger partial charge in [-0.1, -0.05) is 18.2 Å². The molecule has 10 heteroatoms. The van der Waals surface area contributed by atoms with Crippen molar-refractivity contribution < 1.29 is 19.1 Å². The zero-order valence-electron chi connectivity index (χ0n) is 16.7. The summed E-state index contributed by atoms with van der Waals surface area (Å²) in [7, 11) is 0. The lowest BCUT2D eigenvalue weighted by Gasteiger charge is -2.07. The number of hydrogen-bond donors (Lipinski definition) is 2. The van der Waals surface area contributed by atoms with Crippen LogP contribution in [0.5, 0.6) is 0 Å². The molecule has 3 aromatic rings. The van der Waals surface area contributed by atoms with Crippen LogP contribution in [0.2, 0.25) is 0 Å². The summed E-state index contributed by atoms with van der Waals surface area (Å²) >= 11 is 2.65. The average molecular weight is 457 g/mol. The van der Waals surface area contributed by atoms with Crippen LogP contribution in [0, 0.1) is 0 Å². The third-order valence-corrected chi connectivity index (χ3v) is 6.54. The molecule has 1 aliphatic rings. The minimum Gasteiger partial charge on any atom is -0.465 e. The first-order chi connectivity index (χ1) is 15.0. The number of nitrogens with one attached hydrogen (secondary N) is 2. The van der Waals surface area contributed by atoms with E-state index in [1.54, 1.807) is 36.6 Å². The molecular weight excluding hydrogens is 436 g/mol. The number of thiazole rings is 2. The number of hydrogen-bond acceptors (Lipinski definition) is 8. The topological polar surface area (TPSA) is 110 Å². The molecule has 2 heterocycles. The quantitative estimate of drug-likeness (QED) is 0.526. The molecule has 1 aromatic carbocycles. The Bertz CT molecular complexity index is 1110. The molecule has 2 aromatic heterocycles. The van der Waals surface area contributed by atoms with Gasteiger partial charge in [0, 0.05) is 15.8 Å². The smallest absolute Gasteiger partial charge is 0.315 e. The van der Waals surface area contributed by atoms with Gasteiger partial charge in [-0.3, -0.25) is 19.7 Å². The first kappa shape index (κ1) is 21.1. The van der Waals surface area contributed by atoms with E-state index in [0.29, 0.717) is 40.2 Å². The maximum atomic E-state index is 12.4. The van der Waals surface area contributed by atoms with Crippen LogP contribution >= 0.6 is 22.7 Å². The Balaban J connectivity index is 1.34. The van der Waals surface area contributed by atoms with Crippen molar-refractivity contribution in [2.45, 2.75) is 32.1 Å². The van der Waals surface area contributed by atoms with E-state index in [1.165, 1.54) is 22.7 Å². The Morgan fingerprint density at radius 1 is 1.13 bits per heavy atom. The van der Waals surface area contributed by atoms with Crippen LogP contribution in [-0.4, -0.2) is 34.4 Å². The van der Waals surface area contributed by atoms with Crippen molar-refractivity contribution in [1.82, 2.24) is 9.97 Å². The number of aryl methyl sites for hydroxylation is 1. The largest absolute Gasteiger partial charge is 0.465 e. The SMILES string of the molecule is CCOC(=O)C1CCc2sc(NC(=O)Cc3csc(NC(=O)c4ccccc4)n3)nc21. The van der Waals surface area contributed by atoms with Crippen molar-refractivity contribution in [3.63, 3.8) is 0 Å². The number of carbonyl (C=O) groups is 3. The molecular formula is C21H20N4O4S2. The maximum absolute atomic E-state index is 12.4. The van der Waals surface area contributed by atoms with Gasteiger partial charge in [-0.25, -0.2) is 9.97 Å². The van der Waals surface area contributed by atoms with Crippen LogP contribution < -0.4 is 10.6 Å². The fourth-order valence-electron chi connectivity index (χ4n) is 3.29. The number of anilines is 2. The highest BCUT2D eigenvalue weighted by atomic mass is 32.1. The molecule has 0 saturated carbocycles. The molecule has 31 heavy (non-hydrogen) atoms. The average Bonchev–Trinajstić information content (AvgIpc) is 3.45. The Kier molecular flexibility index (Phi) is 6.38. The summed E-state index contributed by atoms with van der Waals surface area (Å²) in [5.41, 5.74) is 1.80. The molecule has 160 valence electrons. The lowest BCUT2D eigenvalue weighted by molar-refractivity contribution is -0.145. The normalized spacial score (nSPS) is 14.7. The standard InChI is InChI=1S/C21H20N4O4S2/c1-2-29-19(28)14-8-9-15-17(14)24-21(31-15)23-16(26)10-13-11-30-20(22-13)25-18(27)12-6-4-3-5-7-12/h3-7,11,14H,2,8-10H2,1H3,(H,22,25,27)(H,23,24,26). The zero-order chi connectivity index (χ0) is 21.8. The monoisotopic (exact) mass is 456 g/mol. The van der Waals surface area contributed by atoms with E-state index >= 15 is 0 Å². The molecule has 0 saturated heterocycles. The first-order valence-electron chi connectivity index (χ1n) is 9.80. The summed E-state index contributed by atoms with van der Waals surface area (Å²) in [4.78, 5) is 46.5. The fraction of sp³-hybridized carbons (Fsp3) is 0.286. The van der Waals surface area contributed by atoms with E-state index in [0.717, 1.165) is 11.3 Å².